The summed E-state index contributed by atoms with van der Waals surface area (Å²) in [5, 5.41) is 16.0. The minimum atomic E-state index is -1.11. The summed E-state index contributed by atoms with van der Waals surface area (Å²) in [6.45, 7) is 4.20. The SMILES string of the molecule is CC(C)c1cccc(Oc2ccc(C(=O)O)nn2)c1. The van der Waals surface area contributed by atoms with Crippen LogP contribution in [0.15, 0.2) is 36.4 Å². The zero-order valence-corrected chi connectivity index (χ0v) is 10.7. The topological polar surface area (TPSA) is 72.3 Å². The smallest absolute Gasteiger partial charge is 0.356 e. The molecule has 0 unspecified atom stereocenters. The van der Waals surface area contributed by atoms with E-state index in [9.17, 15) is 4.79 Å². The lowest BCUT2D eigenvalue weighted by atomic mass is 10.0. The predicted molar refractivity (Wildman–Crippen MR) is 69.6 cm³/mol. The lowest BCUT2D eigenvalue weighted by molar-refractivity contribution is 0.0689. The molecule has 0 atom stereocenters. The van der Waals surface area contributed by atoms with Crippen molar-refractivity contribution in [3.63, 3.8) is 0 Å². The van der Waals surface area contributed by atoms with Gasteiger partial charge in [0, 0.05) is 6.07 Å². The fourth-order valence-corrected chi connectivity index (χ4v) is 1.55. The molecular weight excluding hydrogens is 244 g/mol. The number of aromatic nitrogens is 2. The minimum absolute atomic E-state index is 0.108. The zero-order chi connectivity index (χ0) is 13.8. The number of rotatable bonds is 4. The number of ether oxygens (including phenoxy) is 1. The highest BCUT2D eigenvalue weighted by Crippen LogP contribution is 2.23. The maximum absolute atomic E-state index is 10.6. The molecule has 0 saturated carbocycles. The fourth-order valence-electron chi connectivity index (χ4n) is 1.55. The van der Waals surface area contributed by atoms with E-state index in [2.05, 4.69) is 24.0 Å². The molecule has 0 aliphatic carbocycles. The third kappa shape index (κ3) is 3.28. The van der Waals surface area contributed by atoms with E-state index in [1.54, 1.807) is 0 Å². The van der Waals surface area contributed by atoms with E-state index in [4.69, 9.17) is 9.84 Å². The third-order valence-corrected chi connectivity index (χ3v) is 2.61. The van der Waals surface area contributed by atoms with Crippen LogP contribution in [0.1, 0.15) is 35.8 Å². The fraction of sp³-hybridized carbons (Fsp3) is 0.214. The van der Waals surface area contributed by atoms with E-state index in [-0.39, 0.29) is 11.6 Å². The first-order valence-corrected chi connectivity index (χ1v) is 5.91. The van der Waals surface area contributed by atoms with Crippen LogP contribution in [0, 0.1) is 0 Å². The van der Waals surface area contributed by atoms with Crippen LogP contribution in [0.4, 0.5) is 0 Å². The van der Waals surface area contributed by atoms with Crippen molar-refractivity contribution in [2.45, 2.75) is 19.8 Å². The summed E-state index contributed by atoms with van der Waals surface area (Å²) in [6.07, 6.45) is 0. The van der Waals surface area contributed by atoms with E-state index in [0.29, 0.717) is 11.7 Å². The van der Waals surface area contributed by atoms with Gasteiger partial charge in [0.2, 0.25) is 5.88 Å². The first-order valence-electron chi connectivity index (χ1n) is 5.91. The van der Waals surface area contributed by atoms with Crippen LogP contribution in [-0.2, 0) is 0 Å². The van der Waals surface area contributed by atoms with Crippen molar-refractivity contribution in [2.24, 2.45) is 0 Å². The molecule has 1 N–H and O–H groups in total. The lowest BCUT2D eigenvalue weighted by Crippen LogP contribution is -2.02. The highest BCUT2D eigenvalue weighted by molar-refractivity contribution is 5.84. The third-order valence-electron chi connectivity index (χ3n) is 2.61. The molecule has 0 radical (unpaired) electrons. The van der Waals surface area contributed by atoms with Crippen molar-refractivity contribution in [2.75, 3.05) is 0 Å². The van der Waals surface area contributed by atoms with Gasteiger partial charge in [-0.1, -0.05) is 26.0 Å². The van der Waals surface area contributed by atoms with Gasteiger partial charge in [0.05, 0.1) is 0 Å². The summed E-state index contributed by atoms with van der Waals surface area (Å²) < 4.78 is 5.54. The molecule has 1 aromatic carbocycles. The Morgan fingerprint density at radius 1 is 1.21 bits per heavy atom. The largest absolute Gasteiger partial charge is 0.476 e. The summed E-state index contributed by atoms with van der Waals surface area (Å²) >= 11 is 0. The van der Waals surface area contributed by atoms with Gasteiger partial charge in [-0.15, -0.1) is 10.2 Å². The van der Waals surface area contributed by atoms with E-state index in [1.165, 1.54) is 12.1 Å². The van der Waals surface area contributed by atoms with Gasteiger partial charge in [-0.05, 0) is 29.7 Å². The van der Waals surface area contributed by atoms with Gasteiger partial charge in [-0.2, -0.15) is 0 Å². The van der Waals surface area contributed by atoms with Gasteiger partial charge >= 0.3 is 5.97 Å². The summed E-state index contributed by atoms with van der Waals surface area (Å²) in [5.41, 5.74) is 1.05. The van der Waals surface area contributed by atoms with Crippen molar-refractivity contribution >= 4 is 5.97 Å². The quantitative estimate of drug-likeness (QED) is 0.912. The van der Waals surface area contributed by atoms with Gasteiger partial charge in [0.1, 0.15) is 5.75 Å². The van der Waals surface area contributed by atoms with E-state index >= 15 is 0 Å². The Balaban J connectivity index is 2.16. The zero-order valence-electron chi connectivity index (χ0n) is 10.7. The maximum atomic E-state index is 10.6. The molecule has 98 valence electrons. The van der Waals surface area contributed by atoms with Gasteiger partial charge < -0.3 is 9.84 Å². The Hall–Kier alpha value is -2.43. The summed E-state index contributed by atoms with van der Waals surface area (Å²) in [7, 11) is 0. The first kappa shape index (κ1) is 13.0. The molecule has 5 heteroatoms. The average molecular weight is 258 g/mol. The van der Waals surface area contributed by atoms with Crippen molar-refractivity contribution < 1.29 is 14.6 Å². The Bertz CT molecular complexity index is 579. The van der Waals surface area contributed by atoms with Crippen LogP contribution in [0.3, 0.4) is 0 Å². The molecule has 2 aromatic rings. The molecule has 0 spiro atoms. The Kier molecular flexibility index (Phi) is 3.75. The second-order valence-corrected chi connectivity index (χ2v) is 4.39. The summed E-state index contributed by atoms with van der Waals surface area (Å²) in [6, 6.07) is 10.5. The average Bonchev–Trinajstić information content (AvgIpc) is 2.39. The Labute approximate surface area is 110 Å². The van der Waals surface area contributed by atoms with Gasteiger partial charge in [0.15, 0.2) is 5.69 Å². The van der Waals surface area contributed by atoms with Crippen LogP contribution in [0.25, 0.3) is 0 Å². The molecule has 0 saturated heterocycles. The molecule has 0 bridgehead atoms. The number of carboxylic acid groups (broad SMARTS) is 1. The highest BCUT2D eigenvalue weighted by atomic mass is 16.5. The first-order chi connectivity index (χ1) is 9.06. The highest BCUT2D eigenvalue weighted by Gasteiger charge is 2.07. The molecule has 0 amide bonds. The number of benzene rings is 1. The number of aromatic carboxylic acids is 1. The molecule has 0 fully saturated rings. The van der Waals surface area contributed by atoms with Crippen molar-refractivity contribution in [1.82, 2.24) is 10.2 Å². The predicted octanol–water partition coefficient (Wildman–Crippen LogP) is 3.09. The normalized spacial score (nSPS) is 10.5. The van der Waals surface area contributed by atoms with Crippen LogP contribution in [0.2, 0.25) is 0 Å². The van der Waals surface area contributed by atoms with Gasteiger partial charge in [0.25, 0.3) is 0 Å². The van der Waals surface area contributed by atoms with Crippen molar-refractivity contribution in [3.05, 3.63) is 47.7 Å². The molecule has 2 rings (SSSR count). The minimum Gasteiger partial charge on any atom is -0.476 e. The molecule has 0 aliphatic rings. The van der Waals surface area contributed by atoms with E-state index in [0.717, 1.165) is 5.56 Å². The lowest BCUT2D eigenvalue weighted by Gasteiger charge is -2.08. The molecule has 5 nitrogen and oxygen atoms in total. The summed E-state index contributed by atoms with van der Waals surface area (Å²) in [4.78, 5) is 10.6. The van der Waals surface area contributed by atoms with Crippen molar-refractivity contribution in [1.29, 1.82) is 0 Å². The van der Waals surface area contributed by atoms with Gasteiger partial charge in [-0.3, -0.25) is 0 Å². The van der Waals surface area contributed by atoms with E-state index < -0.39 is 5.97 Å². The van der Waals surface area contributed by atoms with Crippen LogP contribution in [0.5, 0.6) is 11.6 Å². The van der Waals surface area contributed by atoms with Gasteiger partial charge in [-0.25, -0.2) is 4.79 Å². The molecule has 1 heterocycles. The summed E-state index contributed by atoms with van der Waals surface area (Å²) in [5.74, 6) is 0.222. The Morgan fingerprint density at radius 3 is 2.58 bits per heavy atom. The molecule has 1 aromatic heterocycles. The van der Waals surface area contributed by atoms with Crippen LogP contribution >= 0.6 is 0 Å². The molecule has 0 aliphatic heterocycles. The second kappa shape index (κ2) is 5.48. The number of nitrogens with zero attached hydrogens (tertiary/aromatic N) is 2. The number of carboxylic acids is 1. The number of hydrogen-bond acceptors (Lipinski definition) is 4. The maximum Gasteiger partial charge on any atom is 0.356 e. The number of carbonyl (C=O) groups is 1. The standard InChI is InChI=1S/C14H14N2O3/c1-9(2)10-4-3-5-11(8-10)19-13-7-6-12(14(17)18)15-16-13/h3-9H,1-2H3,(H,17,18). The second-order valence-electron chi connectivity index (χ2n) is 4.39. The van der Waals surface area contributed by atoms with Crippen LogP contribution in [-0.4, -0.2) is 21.3 Å². The van der Waals surface area contributed by atoms with Crippen LogP contribution < -0.4 is 4.74 Å². The number of hydrogen-bond donors (Lipinski definition) is 1. The molecule has 19 heavy (non-hydrogen) atoms. The Morgan fingerprint density at radius 2 is 2.00 bits per heavy atom. The van der Waals surface area contributed by atoms with Crippen molar-refractivity contribution in [3.8, 4) is 11.6 Å². The molecular formula is C14H14N2O3. The monoisotopic (exact) mass is 258 g/mol. The van der Waals surface area contributed by atoms with E-state index in [1.807, 2.05) is 24.3 Å².